The third-order valence-electron chi connectivity index (χ3n) is 3.30. The SMILES string of the molecule is Cc1cc(C)c(C(=O)OCC(=O)Nc2ccc(Cl)cc2C)c(Cl)n1. The Kier molecular flexibility index (Phi) is 5.80. The lowest BCUT2D eigenvalue weighted by molar-refractivity contribution is -0.119. The summed E-state index contributed by atoms with van der Waals surface area (Å²) >= 11 is 11.8. The number of benzene rings is 1. The summed E-state index contributed by atoms with van der Waals surface area (Å²) < 4.78 is 5.03. The van der Waals surface area contributed by atoms with Crippen molar-refractivity contribution in [1.29, 1.82) is 0 Å². The van der Waals surface area contributed by atoms with Gasteiger partial charge in [0.1, 0.15) is 5.15 Å². The second-order valence-electron chi connectivity index (χ2n) is 5.33. The first-order chi connectivity index (χ1) is 11.3. The van der Waals surface area contributed by atoms with E-state index in [1.807, 2.05) is 6.92 Å². The molecule has 0 aliphatic rings. The normalized spacial score (nSPS) is 10.4. The molecule has 1 aromatic heterocycles. The molecule has 0 aliphatic heterocycles. The van der Waals surface area contributed by atoms with Crippen molar-refractivity contribution in [3.8, 4) is 0 Å². The zero-order valence-electron chi connectivity index (χ0n) is 13.4. The molecule has 2 rings (SSSR count). The second-order valence-corrected chi connectivity index (χ2v) is 6.12. The quantitative estimate of drug-likeness (QED) is 0.652. The number of anilines is 1. The number of nitrogens with one attached hydrogen (secondary N) is 1. The van der Waals surface area contributed by atoms with Gasteiger partial charge in [-0.25, -0.2) is 9.78 Å². The van der Waals surface area contributed by atoms with Crippen molar-refractivity contribution in [2.24, 2.45) is 0 Å². The van der Waals surface area contributed by atoms with Crippen molar-refractivity contribution in [3.63, 3.8) is 0 Å². The van der Waals surface area contributed by atoms with E-state index in [0.29, 0.717) is 22.0 Å². The molecule has 2 aromatic rings. The topological polar surface area (TPSA) is 68.3 Å². The number of hydrogen-bond donors (Lipinski definition) is 1. The maximum atomic E-state index is 12.1. The highest BCUT2D eigenvalue weighted by Gasteiger charge is 2.18. The molecular weight excluding hydrogens is 351 g/mol. The Morgan fingerprint density at radius 2 is 1.83 bits per heavy atom. The van der Waals surface area contributed by atoms with Crippen molar-refractivity contribution in [2.45, 2.75) is 20.8 Å². The number of carbonyl (C=O) groups excluding carboxylic acids is 2. The van der Waals surface area contributed by atoms with Crippen LogP contribution >= 0.6 is 23.2 Å². The van der Waals surface area contributed by atoms with Crippen LogP contribution in [0.1, 0.15) is 27.2 Å². The van der Waals surface area contributed by atoms with Crippen LogP contribution in [0.2, 0.25) is 10.2 Å². The van der Waals surface area contributed by atoms with Crippen LogP contribution in [0.3, 0.4) is 0 Å². The van der Waals surface area contributed by atoms with E-state index in [1.165, 1.54) is 0 Å². The van der Waals surface area contributed by atoms with Gasteiger partial charge in [-0.1, -0.05) is 23.2 Å². The van der Waals surface area contributed by atoms with E-state index < -0.39 is 18.5 Å². The Hall–Kier alpha value is -2.11. The maximum absolute atomic E-state index is 12.1. The summed E-state index contributed by atoms with van der Waals surface area (Å²) in [7, 11) is 0. The van der Waals surface area contributed by atoms with Crippen LogP contribution in [0, 0.1) is 20.8 Å². The highest BCUT2D eigenvalue weighted by molar-refractivity contribution is 6.32. The molecule has 1 aromatic carbocycles. The number of esters is 1. The number of halogens is 2. The first-order valence-electron chi connectivity index (χ1n) is 7.15. The molecule has 0 radical (unpaired) electrons. The third kappa shape index (κ3) is 4.46. The van der Waals surface area contributed by atoms with Crippen molar-refractivity contribution < 1.29 is 14.3 Å². The number of rotatable bonds is 4. The fraction of sp³-hybridized carbons (Fsp3) is 0.235. The molecule has 0 fully saturated rings. The minimum Gasteiger partial charge on any atom is -0.452 e. The van der Waals surface area contributed by atoms with Gasteiger partial charge in [0.2, 0.25) is 0 Å². The Morgan fingerprint density at radius 1 is 1.12 bits per heavy atom. The van der Waals surface area contributed by atoms with Gasteiger partial charge in [-0.05, 0) is 56.2 Å². The van der Waals surface area contributed by atoms with E-state index in [-0.39, 0.29) is 10.7 Å². The van der Waals surface area contributed by atoms with Crippen LogP contribution in [-0.2, 0) is 9.53 Å². The number of amides is 1. The molecule has 7 heteroatoms. The summed E-state index contributed by atoms with van der Waals surface area (Å²) in [5.74, 6) is -1.14. The largest absolute Gasteiger partial charge is 0.452 e. The second kappa shape index (κ2) is 7.64. The standard InChI is InChI=1S/C17H16Cl2N2O3/c1-9-7-12(18)4-5-13(9)21-14(22)8-24-17(23)15-10(2)6-11(3)20-16(15)19/h4-7H,8H2,1-3H3,(H,21,22). The molecule has 5 nitrogen and oxygen atoms in total. The number of aromatic nitrogens is 1. The number of aryl methyl sites for hydroxylation is 3. The minimum absolute atomic E-state index is 0.0615. The lowest BCUT2D eigenvalue weighted by Crippen LogP contribution is -2.22. The summed E-state index contributed by atoms with van der Waals surface area (Å²) in [6.45, 7) is 4.89. The molecule has 0 saturated heterocycles. The number of pyridine rings is 1. The van der Waals surface area contributed by atoms with Gasteiger partial charge in [-0.15, -0.1) is 0 Å². The van der Waals surface area contributed by atoms with Crippen LogP contribution < -0.4 is 5.32 Å². The summed E-state index contributed by atoms with van der Waals surface area (Å²) in [6, 6.07) is 6.80. The highest BCUT2D eigenvalue weighted by Crippen LogP contribution is 2.21. The Bertz CT molecular complexity index is 783. The first-order valence-corrected chi connectivity index (χ1v) is 7.90. The summed E-state index contributed by atoms with van der Waals surface area (Å²) in [5.41, 5.74) is 2.92. The lowest BCUT2D eigenvalue weighted by Gasteiger charge is -2.11. The molecule has 0 aliphatic carbocycles. The lowest BCUT2D eigenvalue weighted by atomic mass is 10.1. The average Bonchev–Trinajstić information content (AvgIpc) is 2.47. The predicted octanol–water partition coefficient (Wildman–Crippen LogP) is 4.11. The van der Waals surface area contributed by atoms with Gasteiger partial charge in [-0.2, -0.15) is 0 Å². The van der Waals surface area contributed by atoms with Crippen LogP contribution in [0.15, 0.2) is 24.3 Å². The van der Waals surface area contributed by atoms with E-state index in [0.717, 1.165) is 5.56 Å². The fourth-order valence-corrected chi connectivity index (χ4v) is 2.78. The average molecular weight is 367 g/mol. The zero-order chi connectivity index (χ0) is 17.9. The van der Waals surface area contributed by atoms with Crippen LogP contribution in [-0.4, -0.2) is 23.5 Å². The van der Waals surface area contributed by atoms with Gasteiger partial charge in [0.25, 0.3) is 5.91 Å². The van der Waals surface area contributed by atoms with Crippen LogP contribution in [0.4, 0.5) is 5.69 Å². The van der Waals surface area contributed by atoms with Gasteiger partial charge < -0.3 is 10.1 Å². The molecule has 0 saturated carbocycles. The number of carbonyl (C=O) groups is 2. The Labute approximate surface area is 149 Å². The van der Waals surface area contributed by atoms with E-state index in [9.17, 15) is 9.59 Å². The molecule has 0 bridgehead atoms. The van der Waals surface area contributed by atoms with Crippen molar-refractivity contribution in [1.82, 2.24) is 4.98 Å². The molecule has 1 heterocycles. The number of ether oxygens (including phenoxy) is 1. The first kappa shape index (κ1) is 18.2. The molecular formula is C17H16Cl2N2O3. The third-order valence-corrected chi connectivity index (χ3v) is 3.81. The predicted molar refractivity (Wildman–Crippen MR) is 93.8 cm³/mol. The molecule has 0 atom stereocenters. The molecule has 1 N–H and O–H groups in total. The summed E-state index contributed by atoms with van der Waals surface area (Å²) in [4.78, 5) is 28.1. The van der Waals surface area contributed by atoms with E-state index >= 15 is 0 Å². The zero-order valence-corrected chi connectivity index (χ0v) is 15.0. The Morgan fingerprint density at radius 3 is 2.46 bits per heavy atom. The summed E-state index contributed by atoms with van der Waals surface area (Å²) in [6.07, 6.45) is 0. The maximum Gasteiger partial charge on any atom is 0.342 e. The fourth-order valence-electron chi connectivity index (χ4n) is 2.19. The molecule has 24 heavy (non-hydrogen) atoms. The molecule has 0 spiro atoms. The van der Waals surface area contributed by atoms with E-state index in [1.54, 1.807) is 38.1 Å². The van der Waals surface area contributed by atoms with Gasteiger partial charge in [-0.3, -0.25) is 4.79 Å². The Balaban J connectivity index is 2.00. The smallest absolute Gasteiger partial charge is 0.342 e. The number of hydrogen-bond acceptors (Lipinski definition) is 4. The van der Waals surface area contributed by atoms with Gasteiger partial charge >= 0.3 is 5.97 Å². The van der Waals surface area contributed by atoms with E-state index in [4.69, 9.17) is 27.9 Å². The van der Waals surface area contributed by atoms with E-state index in [2.05, 4.69) is 10.3 Å². The molecule has 0 unspecified atom stereocenters. The van der Waals surface area contributed by atoms with Gasteiger partial charge in [0, 0.05) is 16.4 Å². The van der Waals surface area contributed by atoms with Crippen molar-refractivity contribution in [2.75, 3.05) is 11.9 Å². The molecule has 1 amide bonds. The van der Waals surface area contributed by atoms with Crippen LogP contribution in [0.5, 0.6) is 0 Å². The van der Waals surface area contributed by atoms with Crippen molar-refractivity contribution in [3.05, 3.63) is 56.8 Å². The van der Waals surface area contributed by atoms with Crippen molar-refractivity contribution >= 4 is 40.8 Å². The summed E-state index contributed by atoms with van der Waals surface area (Å²) in [5, 5.41) is 3.30. The molecule has 126 valence electrons. The minimum atomic E-state index is -0.687. The van der Waals surface area contributed by atoms with Crippen LogP contribution in [0.25, 0.3) is 0 Å². The van der Waals surface area contributed by atoms with Gasteiger partial charge in [0.05, 0.1) is 5.56 Å². The highest BCUT2D eigenvalue weighted by atomic mass is 35.5. The number of nitrogens with zero attached hydrogens (tertiary/aromatic N) is 1. The monoisotopic (exact) mass is 366 g/mol. The van der Waals surface area contributed by atoms with Gasteiger partial charge in [0.15, 0.2) is 6.61 Å².